The van der Waals surface area contributed by atoms with Crippen molar-refractivity contribution in [3.63, 3.8) is 0 Å². The summed E-state index contributed by atoms with van der Waals surface area (Å²) < 4.78 is 96.8. The molecule has 0 saturated carbocycles. The predicted molar refractivity (Wildman–Crippen MR) is 126 cm³/mol. The van der Waals surface area contributed by atoms with E-state index in [1.54, 1.807) is 0 Å². The lowest BCUT2D eigenvalue weighted by molar-refractivity contribution is -0.274. The molecular formula is C25H20F5N5O3. The Hall–Kier alpha value is -4.55. The van der Waals surface area contributed by atoms with Crippen LogP contribution in [0.25, 0.3) is 16.9 Å². The Kier molecular flexibility index (Phi) is 6.00. The molecule has 0 aliphatic heterocycles. The van der Waals surface area contributed by atoms with Crippen LogP contribution in [-0.2, 0) is 4.79 Å². The summed E-state index contributed by atoms with van der Waals surface area (Å²) >= 11 is 0. The summed E-state index contributed by atoms with van der Waals surface area (Å²) in [5.74, 6) is -4.67. The number of fused-ring (bicyclic) bond motifs is 1. The summed E-state index contributed by atoms with van der Waals surface area (Å²) in [5.41, 5.74) is -1.12. The van der Waals surface area contributed by atoms with E-state index in [4.69, 9.17) is 4.11 Å². The number of amides is 2. The van der Waals surface area contributed by atoms with Crippen LogP contribution >= 0.6 is 0 Å². The zero-order valence-electron chi connectivity index (χ0n) is 22.7. The lowest BCUT2D eigenvalue weighted by Gasteiger charge is -2.18. The zero-order valence-corrected chi connectivity index (χ0v) is 19.7. The van der Waals surface area contributed by atoms with Gasteiger partial charge in [-0.1, -0.05) is 6.07 Å². The maximum Gasteiger partial charge on any atom is 0.573 e. The molecule has 0 saturated heterocycles. The number of nitrogens with zero attached hydrogens (tertiary/aromatic N) is 3. The van der Waals surface area contributed by atoms with Crippen molar-refractivity contribution in [1.82, 2.24) is 19.9 Å². The molecule has 198 valence electrons. The van der Waals surface area contributed by atoms with Crippen molar-refractivity contribution in [2.24, 2.45) is 0 Å². The predicted octanol–water partition coefficient (Wildman–Crippen LogP) is 5.33. The summed E-state index contributed by atoms with van der Waals surface area (Å²) in [6.45, 7) is -0.499. The highest BCUT2D eigenvalue weighted by molar-refractivity contribution is 5.97. The summed E-state index contributed by atoms with van der Waals surface area (Å²) in [4.78, 5) is 28.7. The van der Waals surface area contributed by atoms with E-state index in [1.807, 2.05) is 5.32 Å². The topological polar surface area (TPSA) is 97.6 Å². The van der Waals surface area contributed by atoms with Crippen LogP contribution < -0.4 is 15.4 Å². The minimum Gasteiger partial charge on any atom is -0.406 e. The number of carbonyl (C=O) groups excluding carboxylic acids is 2. The van der Waals surface area contributed by atoms with Crippen LogP contribution in [0.1, 0.15) is 45.4 Å². The lowest BCUT2D eigenvalue weighted by atomic mass is 10.00. The van der Waals surface area contributed by atoms with Crippen molar-refractivity contribution in [2.75, 3.05) is 5.32 Å². The lowest BCUT2D eigenvalue weighted by Crippen LogP contribution is -2.29. The summed E-state index contributed by atoms with van der Waals surface area (Å²) in [7, 11) is 0. The van der Waals surface area contributed by atoms with Crippen molar-refractivity contribution in [3.05, 3.63) is 77.0 Å². The van der Waals surface area contributed by atoms with Gasteiger partial charge in [-0.2, -0.15) is 5.10 Å². The quantitative estimate of drug-likeness (QED) is 0.325. The fraction of sp³-hybridized carbons (Fsp3) is 0.200. The molecule has 0 radical (unpaired) electrons. The molecule has 4 aromatic rings. The second-order valence-electron chi connectivity index (χ2n) is 8.09. The number of anilines is 1. The number of hydrogen-bond acceptors (Lipinski definition) is 5. The largest absolute Gasteiger partial charge is 0.573 e. The van der Waals surface area contributed by atoms with Crippen molar-refractivity contribution in [1.29, 1.82) is 0 Å². The van der Waals surface area contributed by atoms with Gasteiger partial charge in [0.1, 0.15) is 17.4 Å². The van der Waals surface area contributed by atoms with E-state index in [2.05, 4.69) is 20.1 Å². The standard InChI is InChI=1S/C25H20F5N5O3/c1-12-4-6-16(19-8-9-21-33-20(32-14(3)36)11-35(21)34-19)23(27)22(12)24(37)31-13(2)17-10-15(5-7-18(17)26)38-25(28,29)30/h4-11,13H,1-3H3,(H,31,37)(H,32,36)/t13-/m1/s1/i2D3. The second-order valence-corrected chi connectivity index (χ2v) is 8.09. The van der Waals surface area contributed by atoms with Gasteiger partial charge in [0.05, 0.1) is 23.5 Å². The van der Waals surface area contributed by atoms with Gasteiger partial charge in [0, 0.05) is 22.2 Å². The van der Waals surface area contributed by atoms with Crippen molar-refractivity contribution in [2.45, 2.75) is 33.1 Å². The second kappa shape index (κ2) is 10.1. The van der Waals surface area contributed by atoms with Gasteiger partial charge in [-0.05, 0) is 55.7 Å². The number of imidazole rings is 1. The number of benzene rings is 2. The van der Waals surface area contributed by atoms with E-state index in [1.165, 1.54) is 48.8 Å². The molecule has 8 nitrogen and oxygen atoms in total. The van der Waals surface area contributed by atoms with Crippen LogP contribution in [0.5, 0.6) is 5.75 Å². The fourth-order valence-corrected chi connectivity index (χ4v) is 3.64. The first kappa shape index (κ1) is 22.6. The molecule has 0 aliphatic carbocycles. The molecular weight excluding hydrogens is 513 g/mol. The Morgan fingerprint density at radius 1 is 1.13 bits per heavy atom. The minimum atomic E-state index is -5.15. The first-order valence-corrected chi connectivity index (χ1v) is 10.8. The normalized spacial score (nSPS) is 13.8. The number of aryl methyl sites for hydroxylation is 1. The third kappa shape index (κ3) is 5.71. The zero-order chi connectivity index (χ0) is 30.3. The highest BCUT2D eigenvalue weighted by Crippen LogP contribution is 2.29. The van der Waals surface area contributed by atoms with Crippen LogP contribution in [-0.4, -0.2) is 32.8 Å². The Balaban J connectivity index is 1.71. The molecule has 2 heterocycles. The maximum atomic E-state index is 15.8. The molecule has 0 fully saturated rings. The van der Waals surface area contributed by atoms with Gasteiger partial charge >= 0.3 is 6.36 Å². The van der Waals surface area contributed by atoms with Gasteiger partial charge in [-0.25, -0.2) is 18.3 Å². The number of hydrogen-bond donors (Lipinski definition) is 2. The number of ether oxygens (including phenoxy) is 1. The van der Waals surface area contributed by atoms with Crippen LogP contribution in [0.2, 0.25) is 0 Å². The third-order valence-corrected chi connectivity index (χ3v) is 5.26. The van der Waals surface area contributed by atoms with Crippen LogP contribution in [0, 0.1) is 18.6 Å². The molecule has 38 heavy (non-hydrogen) atoms. The smallest absolute Gasteiger partial charge is 0.406 e. The van der Waals surface area contributed by atoms with E-state index < -0.39 is 53.7 Å². The molecule has 2 aromatic heterocycles. The fourth-order valence-electron chi connectivity index (χ4n) is 3.64. The highest BCUT2D eigenvalue weighted by Gasteiger charge is 2.31. The molecule has 2 amide bonds. The van der Waals surface area contributed by atoms with E-state index >= 15 is 4.39 Å². The Bertz CT molecular complexity index is 1660. The molecule has 1 atom stereocenters. The summed E-state index contributed by atoms with van der Waals surface area (Å²) in [6, 6.07) is 5.13. The van der Waals surface area contributed by atoms with E-state index in [9.17, 15) is 27.2 Å². The number of alkyl halides is 3. The molecule has 0 spiro atoms. The van der Waals surface area contributed by atoms with Crippen LogP contribution in [0.15, 0.2) is 48.7 Å². The maximum absolute atomic E-state index is 15.8. The Morgan fingerprint density at radius 3 is 2.58 bits per heavy atom. The van der Waals surface area contributed by atoms with Gasteiger partial charge in [0.15, 0.2) is 11.5 Å². The number of halogens is 5. The number of carbonyl (C=O) groups is 2. The van der Waals surface area contributed by atoms with Gasteiger partial charge < -0.3 is 15.4 Å². The molecule has 2 N–H and O–H groups in total. The third-order valence-electron chi connectivity index (χ3n) is 5.26. The van der Waals surface area contributed by atoms with E-state index in [0.717, 1.165) is 0 Å². The highest BCUT2D eigenvalue weighted by atomic mass is 19.4. The Labute approximate surface area is 216 Å². The van der Waals surface area contributed by atoms with Crippen molar-refractivity contribution < 1.29 is 40.4 Å². The molecule has 13 heteroatoms. The summed E-state index contributed by atoms with van der Waals surface area (Å²) in [6.07, 6.45) is -3.76. The number of nitrogens with one attached hydrogen (secondary N) is 2. The molecule has 0 aliphatic rings. The average Bonchev–Trinajstić information content (AvgIpc) is 3.23. The van der Waals surface area contributed by atoms with E-state index in [-0.39, 0.29) is 28.5 Å². The summed E-state index contributed by atoms with van der Waals surface area (Å²) in [5, 5.41) is 8.77. The first-order valence-electron chi connectivity index (χ1n) is 12.3. The van der Waals surface area contributed by atoms with Gasteiger partial charge in [-0.15, -0.1) is 13.2 Å². The number of rotatable bonds is 6. The molecule has 0 unspecified atom stereocenters. The van der Waals surface area contributed by atoms with Crippen LogP contribution in [0.3, 0.4) is 0 Å². The van der Waals surface area contributed by atoms with Crippen molar-refractivity contribution >= 4 is 23.3 Å². The van der Waals surface area contributed by atoms with E-state index in [0.29, 0.717) is 23.8 Å². The number of aromatic nitrogens is 3. The monoisotopic (exact) mass is 536 g/mol. The van der Waals surface area contributed by atoms with Gasteiger partial charge in [-0.3, -0.25) is 9.59 Å². The van der Waals surface area contributed by atoms with Crippen LogP contribution in [0.4, 0.5) is 27.8 Å². The van der Waals surface area contributed by atoms with Gasteiger partial charge in [0.25, 0.3) is 5.91 Å². The molecule has 0 bridgehead atoms. The average molecular weight is 536 g/mol. The SMILES string of the molecule is [2H]C([2H])([2H])[C@@H](NC(=O)c1c(C)ccc(-c2ccc3nc(NC(C)=O)cn3n2)c1F)c1cc(OC(F)(F)F)ccc1F. The first-order chi connectivity index (χ1) is 19.0. The molecule has 4 rings (SSSR count). The van der Waals surface area contributed by atoms with Crippen molar-refractivity contribution in [3.8, 4) is 17.0 Å². The van der Waals surface area contributed by atoms with Gasteiger partial charge in [0.2, 0.25) is 5.91 Å². The minimum absolute atomic E-state index is 0.0474. The Morgan fingerprint density at radius 2 is 1.89 bits per heavy atom. The molecule has 2 aromatic carbocycles.